The summed E-state index contributed by atoms with van der Waals surface area (Å²) in [6, 6.07) is 5.71. The van der Waals surface area contributed by atoms with Crippen LogP contribution in [0.1, 0.15) is 11.8 Å². The zero-order chi connectivity index (χ0) is 10.1. The molecule has 0 aliphatic heterocycles. The molecule has 2 aromatic heterocycles. The number of aromatic nitrogens is 2. The van der Waals surface area contributed by atoms with Gasteiger partial charge < -0.3 is 15.4 Å². The van der Waals surface area contributed by atoms with Crippen LogP contribution in [0.5, 0.6) is 0 Å². The van der Waals surface area contributed by atoms with Crippen molar-refractivity contribution >= 4 is 11.0 Å². The molecular formula is C10H13N3O. The van der Waals surface area contributed by atoms with Gasteiger partial charge in [0, 0.05) is 19.8 Å². The minimum Gasteiger partial charge on any atom is -0.386 e. The first kappa shape index (κ1) is 9.18. The summed E-state index contributed by atoms with van der Waals surface area (Å²) < 4.78 is 1.92. The van der Waals surface area contributed by atoms with Crippen LogP contribution in [0.2, 0.25) is 0 Å². The SMILES string of the molecule is Cn1c(C(O)CN)cc2ncccc21. The van der Waals surface area contributed by atoms with E-state index in [1.54, 1.807) is 6.20 Å². The molecule has 0 radical (unpaired) electrons. The van der Waals surface area contributed by atoms with Crippen molar-refractivity contribution in [2.45, 2.75) is 6.10 Å². The molecule has 1 atom stereocenters. The van der Waals surface area contributed by atoms with Crippen molar-refractivity contribution in [2.75, 3.05) is 6.54 Å². The topological polar surface area (TPSA) is 64.1 Å². The Kier molecular flexibility index (Phi) is 2.23. The first-order chi connectivity index (χ1) is 6.74. The molecule has 0 aliphatic carbocycles. The van der Waals surface area contributed by atoms with E-state index in [0.29, 0.717) is 0 Å². The average Bonchev–Trinajstić information content (AvgIpc) is 2.56. The van der Waals surface area contributed by atoms with Gasteiger partial charge in [0.15, 0.2) is 0 Å². The van der Waals surface area contributed by atoms with Gasteiger partial charge in [-0.3, -0.25) is 4.98 Å². The number of fused-ring (bicyclic) bond motifs is 1. The van der Waals surface area contributed by atoms with Crippen LogP contribution in [0.15, 0.2) is 24.4 Å². The number of nitrogens with zero attached hydrogens (tertiary/aromatic N) is 2. The fourth-order valence-corrected chi connectivity index (χ4v) is 1.62. The first-order valence-corrected chi connectivity index (χ1v) is 4.52. The van der Waals surface area contributed by atoms with Crippen LogP contribution in [0.25, 0.3) is 11.0 Å². The molecule has 0 saturated carbocycles. The van der Waals surface area contributed by atoms with E-state index >= 15 is 0 Å². The van der Waals surface area contributed by atoms with E-state index < -0.39 is 6.10 Å². The summed E-state index contributed by atoms with van der Waals surface area (Å²) in [4.78, 5) is 4.21. The summed E-state index contributed by atoms with van der Waals surface area (Å²) in [5.74, 6) is 0. The van der Waals surface area contributed by atoms with E-state index in [1.807, 2.05) is 29.8 Å². The van der Waals surface area contributed by atoms with Gasteiger partial charge in [0.25, 0.3) is 0 Å². The highest BCUT2D eigenvalue weighted by Crippen LogP contribution is 2.20. The largest absolute Gasteiger partial charge is 0.386 e. The lowest BCUT2D eigenvalue weighted by molar-refractivity contribution is 0.179. The second-order valence-electron chi connectivity index (χ2n) is 3.29. The molecule has 0 bridgehead atoms. The van der Waals surface area contributed by atoms with Crippen LogP contribution in [0, 0.1) is 0 Å². The standard InChI is InChI=1S/C10H13N3O/c1-13-8-3-2-4-12-7(8)5-9(13)10(14)6-11/h2-5,10,14H,6,11H2,1H3. The van der Waals surface area contributed by atoms with Crippen molar-refractivity contribution in [3.05, 3.63) is 30.1 Å². The van der Waals surface area contributed by atoms with Crippen molar-refractivity contribution < 1.29 is 5.11 Å². The van der Waals surface area contributed by atoms with Crippen LogP contribution < -0.4 is 5.73 Å². The van der Waals surface area contributed by atoms with Crippen LogP contribution in [0.4, 0.5) is 0 Å². The number of pyridine rings is 1. The maximum Gasteiger partial charge on any atom is 0.106 e. The van der Waals surface area contributed by atoms with Gasteiger partial charge in [-0.1, -0.05) is 0 Å². The van der Waals surface area contributed by atoms with Crippen LogP contribution >= 0.6 is 0 Å². The third-order valence-corrected chi connectivity index (χ3v) is 2.41. The fourth-order valence-electron chi connectivity index (χ4n) is 1.62. The molecule has 4 heteroatoms. The van der Waals surface area contributed by atoms with E-state index in [-0.39, 0.29) is 6.54 Å². The Hall–Kier alpha value is -1.39. The van der Waals surface area contributed by atoms with Gasteiger partial charge in [0.05, 0.1) is 16.7 Å². The maximum atomic E-state index is 9.64. The number of hydrogen-bond donors (Lipinski definition) is 2. The monoisotopic (exact) mass is 191 g/mol. The second-order valence-corrected chi connectivity index (χ2v) is 3.29. The van der Waals surface area contributed by atoms with Gasteiger partial charge >= 0.3 is 0 Å². The van der Waals surface area contributed by atoms with E-state index in [0.717, 1.165) is 16.7 Å². The number of aliphatic hydroxyl groups excluding tert-OH is 1. The average molecular weight is 191 g/mol. The maximum absolute atomic E-state index is 9.64. The summed E-state index contributed by atoms with van der Waals surface area (Å²) in [7, 11) is 1.90. The number of nitrogens with two attached hydrogens (primary N) is 1. The van der Waals surface area contributed by atoms with E-state index in [9.17, 15) is 5.11 Å². The van der Waals surface area contributed by atoms with E-state index in [1.165, 1.54) is 0 Å². The predicted octanol–water partition coefficient (Wildman–Crippen LogP) is 0.565. The Balaban J connectivity index is 2.62. The molecule has 2 heterocycles. The lowest BCUT2D eigenvalue weighted by Crippen LogP contribution is -2.14. The van der Waals surface area contributed by atoms with Crippen molar-refractivity contribution in [1.82, 2.24) is 9.55 Å². The molecular weight excluding hydrogens is 178 g/mol. The smallest absolute Gasteiger partial charge is 0.106 e. The predicted molar refractivity (Wildman–Crippen MR) is 54.7 cm³/mol. The van der Waals surface area contributed by atoms with Gasteiger partial charge in [-0.25, -0.2) is 0 Å². The lowest BCUT2D eigenvalue weighted by Gasteiger charge is -2.08. The van der Waals surface area contributed by atoms with Crippen molar-refractivity contribution in [2.24, 2.45) is 12.8 Å². The third kappa shape index (κ3) is 1.29. The first-order valence-electron chi connectivity index (χ1n) is 4.52. The van der Waals surface area contributed by atoms with E-state index in [2.05, 4.69) is 4.98 Å². The molecule has 14 heavy (non-hydrogen) atoms. The Labute approximate surface area is 82.0 Å². The molecule has 2 aromatic rings. The van der Waals surface area contributed by atoms with E-state index in [4.69, 9.17) is 5.73 Å². The number of hydrogen-bond acceptors (Lipinski definition) is 3. The molecule has 0 aromatic carbocycles. The zero-order valence-corrected chi connectivity index (χ0v) is 8.01. The van der Waals surface area contributed by atoms with Gasteiger partial charge in [-0.15, -0.1) is 0 Å². The number of aryl methyl sites for hydroxylation is 1. The summed E-state index contributed by atoms with van der Waals surface area (Å²) in [5.41, 5.74) is 8.11. The summed E-state index contributed by atoms with van der Waals surface area (Å²) >= 11 is 0. The second kappa shape index (κ2) is 3.40. The van der Waals surface area contributed by atoms with Crippen molar-refractivity contribution in [1.29, 1.82) is 0 Å². The van der Waals surface area contributed by atoms with Crippen molar-refractivity contribution in [3.63, 3.8) is 0 Å². The fraction of sp³-hybridized carbons (Fsp3) is 0.300. The quantitative estimate of drug-likeness (QED) is 0.729. The highest BCUT2D eigenvalue weighted by molar-refractivity contribution is 5.76. The molecule has 0 fully saturated rings. The van der Waals surface area contributed by atoms with Gasteiger partial charge in [0.2, 0.25) is 0 Å². The van der Waals surface area contributed by atoms with Crippen LogP contribution in [-0.4, -0.2) is 21.2 Å². The molecule has 4 nitrogen and oxygen atoms in total. The zero-order valence-electron chi connectivity index (χ0n) is 8.01. The molecule has 3 N–H and O–H groups in total. The number of rotatable bonds is 2. The molecule has 1 unspecified atom stereocenters. The lowest BCUT2D eigenvalue weighted by atomic mass is 10.2. The minimum absolute atomic E-state index is 0.226. The Bertz CT molecular complexity index is 450. The molecule has 74 valence electrons. The van der Waals surface area contributed by atoms with Gasteiger partial charge in [-0.2, -0.15) is 0 Å². The molecule has 0 spiro atoms. The van der Waals surface area contributed by atoms with Gasteiger partial charge in [0.1, 0.15) is 6.10 Å². The highest BCUT2D eigenvalue weighted by Gasteiger charge is 2.12. The summed E-state index contributed by atoms with van der Waals surface area (Å²) in [5, 5.41) is 9.64. The Morgan fingerprint density at radius 2 is 2.43 bits per heavy atom. The minimum atomic E-state index is -0.616. The molecule has 2 rings (SSSR count). The number of aliphatic hydroxyl groups is 1. The third-order valence-electron chi connectivity index (χ3n) is 2.41. The normalized spacial score (nSPS) is 13.4. The Morgan fingerprint density at radius 1 is 1.64 bits per heavy atom. The molecule has 0 saturated heterocycles. The summed E-state index contributed by atoms with van der Waals surface area (Å²) in [6.45, 7) is 0.226. The summed E-state index contributed by atoms with van der Waals surface area (Å²) in [6.07, 6.45) is 1.12. The van der Waals surface area contributed by atoms with Crippen LogP contribution in [-0.2, 0) is 7.05 Å². The Morgan fingerprint density at radius 3 is 3.07 bits per heavy atom. The van der Waals surface area contributed by atoms with Gasteiger partial charge in [-0.05, 0) is 18.2 Å². The van der Waals surface area contributed by atoms with Crippen molar-refractivity contribution in [3.8, 4) is 0 Å². The van der Waals surface area contributed by atoms with Crippen LogP contribution in [0.3, 0.4) is 0 Å². The molecule has 0 aliphatic rings. The molecule has 0 amide bonds. The highest BCUT2D eigenvalue weighted by atomic mass is 16.3.